The van der Waals surface area contributed by atoms with E-state index >= 15 is 0 Å². The maximum atomic E-state index is 6.14. The van der Waals surface area contributed by atoms with Crippen LogP contribution >= 0.6 is 0 Å². The van der Waals surface area contributed by atoms with Gasteiger partial charge in [0.2, 0.25) is 0 Å². The van der Waals surface area contributed by atoms with Gasteiger partial charge in [0.05, 0.1) is 11.2 Å². The first-order chi connectivity index (χ1) is 11.7. The number of ether oxygens (including phenoxy) is 2. The zero-order valence-electron chi connectivity index (χ0n) is 16.7. The van der Waals surface area contributed by atoms with E-state index in [1.54, 1.807) is 0 Å². The Bertz CT molecular complexity index is 556. The third kappa shape index (κ3) is 4.02. The zero-order chi connectivity index (χ0) is 18.2. The molecule has 1 aromatic carbocycles. The highest BCUT2D eigenvalue weighted by Crippen LogP contribution is 2.44. The fraction of sp³-hybridized carbons (Fsp3) is 0.714. The summed E-state index contributed by atoms with van der Waals surface area (Å²) in [6.45, 7) is 18.7. The molecule has 0 amide bonds. The molecule has 0 N–H and O–H groups in total. The van der Waals surface area contributed by atoms with Crippen molar-refractivity contribution >= 4 is 5.69 Å². The van der Waals surface area contributed by atoms with Gasteiger partial charge in [0.1, 0.15) is 0 Å². The Morgan fingerprint density at radius 3 is 1.92 bits per heavy atom. The Morgan fingerprint density at radius 1 is 0.920 bits per heavy atom. The van der Waals surface area contributed by atoms with E-state index in [0.717, 1.165) is 37.7 Å². The molecular formula is C21H34N2O2. The first-order valence-corrected chi connectivity index (χ1v) is 9.61. The second-order valence-electron chi connectivity index (χ2n) is 8.86. The van der Waals surface area contributed by atoms with Gasteiger partial charge in [-0.3, -0.25) is 4.90 Å². The van der Waals surface area contributed by atoms with Gasteiger partial charge in [0.15, 0.2) is 6.29 Å². The van der Waals surface area contributed by atoms with Crippen molar-refractivity contribution in [2.24, 2.45) is 5.92 Å². The standard InChI is InChI=1S/C21H34N2O2/c1-16(2)15-22-11-13-23(14-12-22)18-9-7-17(8-10-18)19-24-20(3,4)21(5,6)25-19/h7-10,16,19H,11-15H2,1-6H3. The molecule has 140 valence electrons. The molecule has 2 saturated heterocycles. The summed E-state index contributed by atoms with van der Waals surface area (Å²) in [6, 6.07) is 8.72. The fourth-order valence-electron chi connectivity index (χ4n) is 3.53. The van der Waals surface area contributed by atoms with Crippen LogP contribution in [0.15, 0.2) is 24.3 Å². The molecule has 25 heavy (non-hydrogen) atoms. The second-order valence-corrected chi connectivity index (χ2v) is 8.86. The van der Waals surface area contributed by atoms with Crippen LogP contribution in [0.5, 0.6) is 0 Å². The lowest BCUT2D eigenvalue weighted by molar-refractivity contribution is -0.0895. The topological polar surface area (TPSA) is 24.9 Å². The van der Waals surface area contributed by atoms with Gasteiger partial charge in [-0.1, -0.05) is 26.0 Å². The Hall–Kier alpha value is -1.10. The summed E-state index contributed by atoms with van der Waals surface area (Å²) in [5, 5.41) is 0. The molecule has 0 aliphatic carbocycles. The normalized spacial score (nSPS) is 24.2. The largest absolute Gasteiger partial charge is 0.369 e. The predicted octanol–water partition coefficient (Wildman–Crippen LogP) is 4.07. The Kier molecular flexibility index (Phi) is 5.16. The minimum atomic E-state index is -0.289. The number of hydrogen-bond acceptors (Lipinski definition) is 4. The molecule has 2 fully saturated rings. The molecule has 3 rings (SSSR count). The van der Waals surface area contributed by atoms with Gasteiger partial charge in [0.25, 0.3) is 0 Å². The van der Waals surface area contributed by atoms with E-state index in [9.17, 15) is 0 Å². The van der Waals surface area contributed by atoms with E-state index in [0.29, 0.717) is 0 Å². The molecule has 0 radical (unpaired) electrons. The van der Waals surface area contributed by atoms with Gasteiger partial charge in [-0.05, 0) is 45.7 Å². The van der Waals surface area contributed by atoms with Crippen molar-refractivity contribution in [1.82, 2.24) is 4.90 Å². The van der Waals surface area contributed by atoms with E-state index in [4.69, 9.17) is 9.47 Å². The molecule has 2 aliphatic heterocycles. The number of rotatable bonds is 4. The predicted molar refractivity (Wildman–Crippen MR) is 103 cm³/mol. The summed E-state index contributed by atoms with van der Waals surface area (Å²) in [5.74, 6) is 0.741. The lowest BCUT2D eigenvalue weighted by Gasteiger charge is -2.37. The lowest BCUT2D eigenvalue weighted by atomic mass is 9.90. The number of hydrogen-bond donors (Lipinski definition) is 0. The Labute approximate surface area is 153 Å². The molecule has 0 atom stereocenters. The van der Waals surface area contributed by atoms with Crippen molar-refractivity contribution in [1.29, 1.82) is 0 Å². The monoisotopic (exact) mass is 346 g/mol. The summed E-state index contributed by atoms with van der Waals surface area (Å²) in [4.78, 5) is 5.05. The van der Waals surface area contributed by atoms with Crippen LogP contribution in [0.25, 0.3) is 0 Å². The second kappa shape index (κ2) is 6.90. The Morgan fingerprint density at radius 2 is 1.44 bits per heavy atom. The molecule has 0 unspecified atom stereocenters. The van der Waals surface area contributed by atoms with Crippen LogP contribution in [-0.2, 0) is 9.47 Å². The highest BCUT2D eigenvalue weighted by atomic mass is 16.7. The van der Waals surface area contributed by atoms with Crippen molar-refractivity contribution in [2.75, 3.05) is 37.6 Å². The maximum absolute atomic E-state index is 6.14. The summed E-state index contributed by atoms with van der Waals surface area (Å²) in [6.07, 6.45) is -0.276. The molecule has 0 saturated carbocycles. The van der Waals surface area contributed by atoms with Gasteiger partial charge >= 0.3 is 0 Å². The van der Waals surface area contributed by atoms with E-state index < -0.39 is 0 Å². The first-order valence-electron chi connectivity index (χ1n) is 9.61. The highest BCUT2D eigenvalue weighted by molar-refractivity contribution is 5.48. The molecule has 4 heteroatoms. The van der Waals surface area contributed by atoms with Crippen molar-refractivity contribution < 1.29 is 9.47 Å². The van der Waals surface area contributed by atoms with Crippen LogP contribution in [-0.4, -0.2) is 48.8 Å². The third-order valence-corrected chi connectivity index (χ3v) is 5.78. The van der Waals surface area contributed by atoms with Gasteiger partial charge in [-0.2, -0.15) is 0 Å². The summed E-state index contributed by atoms with van der Waals surface area (Å²) in [7, 11) is 0. The van der Waals surface area contributed by atoms with Crippen LogP contribution in [0, 0.1) is 5.92 Å². The minimum Gasteiger partial charge on any atom is -0.369 e. The summed E-state index contributed by atoms with van der Waals surface area (Å²) in [5.41, 5.74) is 1.82. The Balaban J connectivity index is 1.60. The van der Waals surface area contributed by atoms with Gasteiger partial charge < -0.3 is 14.4 Å². The molecule has 4 nitrogen and oxygen atoms in total. The smallest absolute Gasteiger partial charge is 0.185 e. The highest BCUT2D eigenvalue weighted by Gasteiger charge is 2.49. The number of nitrogens with zero attached hydrogens (tertiary/aromatic N) is 2. The third-order valence-electron chi connectivity index (χ3n) is 5.78. The quantitative estimate of drug-likeness (QED) is 0.820. The summed E-state index contributed by atoms with van der Waals surface area (Å²) >= 11 is 0. The van der Waals surface area contributed by atoms with Crippen molar-refractivity contribution in [2.45, 2.75) is 59.0 Å². The zero-order valence-corrected chi connectivity index (χ0v) is 16.7. The molecule has 2 aliphatic rings. The maximum Gasteiger partial charge on any atom is 0.185 e. The minimum absolute atomic E-state index is 0.276. The van der Waals surface area contributed by atoms with E-state index in [-0.39, 0.29) is 17.5 Å². The van der Waals surface area contributed by atoms with Crippen LogP contribution in [0.3, 0.4) is 0 Å². The fourth-order valence-corrected chi connectivity index (χ4v) is 3.53. The van der Waals surface area contributed by atoms with Crippen LogP contribution in [0.4, 0.5) is 5.69 Å². The van der Waals surface area contributed by atoms with Crippen LogP contribution in [0.1, 0.15) is 53.4 Å². The molecular weight excluding hydrogens is 312 g/mol. The van der Waals surface area contributed by atoms with Crippen LogP contribution in [0.2, 0.25) is 0 Å². The van der Waals surface area contributed by atoms with Crippen molar-refractivity contribution in [3.63, 3.8) is 0 Å². The molecule has 2 heterocycles. The van der Waals surface area contributed by atoms with Crippen molar-refractivity contribution in [3.05, 3.63) is 29.8 Å². The average Bonchev–Trinajstić information content (AvgIpc) is 2.76. The van der Waals surface area contributed by atoms with E-state index in [2.05, 4.69) is 75.6 Å². The molecule has 0 bridgehead atoms. The van der Waals surface area contributed by atoms with Gasteiger partial charge in [0, 0.05) is 44.0 Å². The number of benzene rings is 1. The molecule has 0 spiro atoms. The van der Waals surface area contributed by atoms with Crippen LogP contribution < -0.4 is 4.90 Å². The SMILES string of the molecule is CC(C)CN1CCN(c2ccc(C3OC(C)(C)C(C)(C)O3)cc2)CC1. The van der Waals surface area contributed by atoms with E-state index in [1.807, 2.05) is 0 Å². The average molecular weight is 347 g/mol. The van der Waals surface area contributed by atoms with Crippen molar-refractivity contribution in [3.8, 4) is 0 Å². The van der Waals surface area contributed by atoms with Gasteiger partial charge in [-0.25, -0.2) is 0 Å². The first kappa shape index (κ1) is 18.7. The molecule has 1 aromatic rings. The van der Waals surface area contributed by atoms with Gasteiger partial charge in [-0.15, -0.1) is 0 Å². The number of piperazine rings is 1. The van der Waals surface area contributed by atoms with E-state index in [1.165, 1.54) is 12.2 Å². The summed E-state index contributed by atoms with van der Waals surface area (Å²) < 4.78 is 12.3. The number of anilines is 1. The lowest BCUT2D eigenvalue weighted by Crippen LogP contribution is -2.47. The molecule has 0 aromatic heterocycles.